The van der Waals surface area contributed by atoms with Crippen LogP contribution in [0, 0.1) is 0 Å². The summed E-state index contributed by atoms with van der Waals surface area (Å²) in [5.41, 5.74) is -0.507. The number of imidazole rings is 1. The number of rotatable bonds is 5. The zero-order valence-electron chi connectivity index (χ0n) is 15.1. The predicted molar refractivity (Wildman–Crippen MR) is 87.6 cm³/mol. The largest absolute Gasteiger partial charge is 0.463 e. The van der Waals surface area contributed by atoms with E-state index in [1.54, 1.807) is 0 Å². The molecule has 2 aromatic heterocycles. The molecule has 1 fully saturated rings. The summed E-state index contributed by atoms with van der Waals surface area (Å²) in [6.45, 7) is 3.32. The topological polar surface area (TPSA) is 165 Å². The van der Waals surface area contributed by atoms with Crippen LogP contribution in [0.2, 0.25) is 0 Å². The maximum absolute atomic E-state index is 11.8. The summed E-state index contributed by atoms with van der Waals surface area (Å²) < 4.78 is 22.7. The molecule has 2 aromatic rings. The third-order valence-electron chi connectivity index (χ3n) is 3.89. The van der Waals surface area contributed by atoms with Gasteiger partial charge >= 0.3 is 17.9 Å². The number of carbonyl (C=O) groups excluding carboxylic acids is 3. The van der Waals surface area contributed by atoms with E-state index in [-0.39, 0.29) is 17.8 Å². The van der Waals surface area contributed by atoms with Crippen LogP contribution in [0.4, 0.5) is 0 Å². The molecule has 0 aromatic carbocycles. The van der Waals surface area contributed by atoms with E-state index in [9.17, 15) is 19.2 Å². The summed E-state index contributed by atoms with van der Waals surface area (Å²) in [6, 6.07) is 0. The van der Waals surface area contributed by atoms with E-state index < -0.39 is 48.0 Å². The highest BCUT2D eigenvalue weighted by molar-refractivity contribution is 5.69. The number of carbonyl (C=O) groups is 3. The normalized spacial score (nSPS) is 24.1. The number of aromatic nitrogens is 5. The van der Waals surface area contributed by atoms with Crippen LogP contribution in [0.3, 0.4) is 0 Å². The summed E-state index contributed by atoms with van der Waals surface area (Å²) in [7, 11) is 0. The van der Waals surface area contributed by atoms with Crippen molar-refractivity contribution in [1.82, 2.24) is 25.0 Å². The van der Waals surface area contributed by atoms with E-state index in [2.05, 4.69) is 20.4 Å². The number of hydrogen-bond donors (Lipinski definition) is 1. The molecule has 0 radical (unpaired) electrons. The Morgan fingerprint density at radius 2 is 1.82 bits per heavy atom. The highest BCUT2D eigenvalue weighted by Gasteiger charge is 2.51. The van der Waals surface area contributed by atoms with Crippen LogP contribution in [0.25, 0.3) is 11.2 Å². The minimum atomic E-state index is -1.11. The Kier molecular flexibility index (Phi) is 5.35. The number of ether oxygens (including phenoxy) is 4. The maximum atomic E-state index is 11.8. The zero-order valence-corrected chi connectivity index (χ0v) is 15.1. The Hall–Kier alpha value is -3.35. The fourth-order valence-corrected chi connectivity index (χ4v) is 2.89. The van der Waals surface area contributed by atoms with Crippen LogP contribution >= 0.6 is 0 Å². The van der Waals surface area contributed by atoms with Gasteiger partial charge in [0.15, 0.2) is 29.6 Å². The van der Waals surface area contributed by atoms with Gasteiger partial charge in [0.1, 0.15) is 12.7 Å². The molecule has 3 rings (SSSR count). The Bertz CT molecular complexity index is 969. The molecule has 0 amide bonds. The molecular formula is C15H17N5O8. The Balaban J connectivity index is 2.02. The van der Waals surface area contributed by atoms with Crippen molar-refractivity contribution >= 4 is 29.1 Å². The number of hydrogen-bond acceptors (Lipinski definition) is 11. The minimum Gasteiger partial charge on any atom is -0.463 e. The first-order valence-corrected chi connectivity index (χ1v) is 8.19. The standard InChI is InChI=1S/C15H17N5O8/c1-6(21)25-4-9-11(26-7(2)22)12(27-8(3)23)15(28-9)20-5-16-10-13(20)17-19-18-14(10)24/h5,9,11-12,15H,4H2,1-3H3,(H,17,18,24)/t9-,11-,12-,15-/m1/s1. The van der Waals surface area contributed by atoms with Crippen molar-refractivity contribution in [3.05, 3.63) is 16.7 Å². The molecule has 1 saturated heterocycles. The Morgan fingerprint density at radius 3 is 2.46 bits per heavy atom. The smallest absolute Gasteiger partial charge is 0.303 e. The number of aromatic amines is 1. The average molecular weight is 395 g/mol. The average Bonchev–Trinajstić information content (AvgIpc) is 3.16. The summed E-state index contributed by atoms with van der Waals surface area (Å²) in [4.78, 5) is 50.1. The third kappa shape index (κ3) is 3.83. The van der Waals surface area contributed by atoms with Crippen molar-refractivity contribution in [2.75, 3.05) is 6.61 Å². The van der Waals surface area contributed by atoms with Gasteiger partial charge in [0.05, 0.1) is 6.33 Å². The molecule has 13 nitrogen and oxygen atoms in total. The Labute approximate surface area is 156 Å². The quantitative estimate of drug-likeness (QED) is 0.479. The number of fused-ring (bicyclic) bond motifs is 1. The van der Waals surface area contributed by atoms with E-state index in [4.69, 9.17) is 18.9 Å². The van der Waals surface area contributed by atoms with Crippen molar-refractivity contribution < 1.29 is 33.3 Å². The molecule has 13 heteroatoms. The first-order valence-electron chi connectivity index (χ1n) is 8.19. The second kappa shape index (κ2) is 7.72. The lowest BCUT2D eigenvalue weighted by Crippen LogP contribution is -2.40. The van der Waals surface area contributed by atoms with E-state index in [0.717, 1.165) is 0 Å². The van der Waals surface area contributed by atoms with E-state index >= 15 is 0 Å². The molecule has 0 spiro atoms. The van der Waals surface area contributed by atoms with Crippen molar-refractivity contribution in [2.24, 2.45) is 0 Å². The van der Waals surface area contributed by atoms with Gasteiger partial charge in [-0.3, -0.25) is 23.7 Å². The van der Waals surface area contributed by atoms with Crippen molar-refractivity contribution in [1.29, 1.82) is 0 Å². The molecule has 4 atom stereocenters. The minimum absolute atomic E-state index is 0.00681. The fourth-order valence-electron chi connectivity index (χ4n) is 2.89. The van der Waals surface area contributed by atoms with Gasteiger partial charge in [0.25, 0.3) is 5.56 Å². The first-order chi connectivity index (χ1) is 13.3. The molecule has 3 heterocycles. The van der Waals surface area contributed by atoms with Gasteiger partial charge in [0, 0.05) is 20.8 Å². The molecule has 1 aliphatic heterocycles. The van der Waals surface area contributed by atoms with Crippen molar-refractivity contribution in [3.8, 4) is 0 Å². The molecule has 150 valence electrons. The molecule has 1 aliphatic rings. The van der Waals surface area contributed by atoms with Gasteiger partial charge in [-0.1, -0.05) is 5.21 Å². The van der Waals surface area contributed by atoms with Crippen molar-refractivity contribution in [3.63, 3.8) is 0 Å². The van der Waals surface area contributed by atoms with E-state index in [1.165, 1.54) is 31.7 Å². The molecule has 0 saturated carbocycles. The highest BCUT2D eigenvalue weighted by Crippen LogP contribution is 2.35. The number of esters is 3. The maximum Gasteiger partial charge on any atom is 0.303 e. The van der Waals surface area contributed by atoms with Gasteiger partial charge in [-0.05, 0) is 0 Å². The third-order valence-corrected chi connectivity index (χ3v) is 3.89. The van der Waals surface area contributed by atoms with Crippen LogP contribution in [0.15, 0.2) is 11.1 Å². The first kappa shape index (κ1) is 19.4. The summed E-state index contributed by atoms with van der Waals surface area (Å²) in [5.74, 6) is -1.87. The molecule has 0 aliphatic carbocycles. The van der Waals surface area contributed by atoms with E-state index in [0.29, 0.717) is 0 Å². The second-order valence-corrected chi connectivity index (χ2v) is 5.98. The van der Waals surface area contributed by atoms with Crippen LogP contribution in [0.1, 0.15) is 27.0 Å². The zero-order chi connectivity index (χ0) is 20.4. The van der Waals surface area contributed by atoms with Gasteiger partial charge < -0.3 is 18.9 Å². The summed E-state index contributed by atoms with van der Waals surface area (Å²) in [5, 5.41) is 9.46. The van der Waals surface area contributed by atoms with E-state index in [1.807, 2.05) is 0 Å². The van der Waals surface area contributed by atoms with Crippen LogP contribution in [-0.4, -0.2) is 67.8 Å². The molecule has 0 unspecified atom stereocenters. The van der Waals surface area contributed by atoms with Crippen LogP contribution in [0.5, 0.6) is 0 Å². The van der Waals surface area contributed by atoms with Crippen LogP contribution in [-0.2, 0) is 33.3 Å². The lowest BCUT2D eigenvalue weighted by molar-refractivity contribution is -0.166. The monoisotopic (exact) mass is 395 g/mol. The van der Waals surface area contributed by atoms with Gasteiger partial charge in [-0.25, -0.2) is 10.1 Å². The molecular weight excluding hydrogens is 378 g/mol. The lowest BCUT2D eigenvalue weighted by Gasteiger charge is -2.23. The summed E-state index contributed by atoms with van der Waals surface area (Å²) in [6.07, 6.45) is -2.92. The SMILES string of the molecule is CC(=O)OC[C@H]1O[C@@H](n2cnc3c(=O)[nH]nnc32)[C@H](OC(C)=O)[C@@H]1OC(C)=O. The summed E-state index contributed by atoms with van der Waals surface area (Å²) >= 11 is 0. The van der Waals surface area contributed by atoms with Crippen LogP contribution < -0.4 is 5.56 Å². The fraction of sp³-hybridized carbons (Fsp3) is 0.533. The molecule has 0 bridgehead atoms. The van der Waals surface area contributed by atoms with Gasteiger partial charge in [-0.2, -0.15) is 0 Å². The van der Waals surface area contributed by atoms with Crippen molar-refractivity contribution in [2.45, 2.75) is 45.3 Å². The Morgan fingerprint density at radius 1 is 1.14 bits per heavy atom. The number of nitrogens with one attached hydrogen (secondary N) is 1. The molecule has 1 N–H and O–H groups in total. The predicted octanol–water partition coefficient (Wildman–Crippen LogP) is -1.16. The lowest BCUT2D eigenvalue weighted by atomic mass is 10.1. The second-order valence-electron chi connectivity index (χ2n) is 5.98. The number of nitrogens with zero attached hydrogens (tertiary/aromatic N) is 4. The highest BCUT2D eigenvalue weighted by atomic mass is 16.7. The molecule has 28 heavy (non-hydrogen) atoms. The van der Waals surface area contributed by atoms with Gasteiger partial charge in [0.2, 0.25) is 0 Å². The number of H-pyrrole nitrogens is 1. The van der Waals surface area contributed by atoms with Gasteiger partial charge in [-0.15, -0.1) is 5.10 Å².